The van der Waals surface area contributed by atoms with E-state index in [-0.39, 0.29) is 11.7 Å². The molecule has 0 radical (unpaired) electrons. The third-order valence-electron chi connectivity index (χ3n) is 3.64. The lowest BCUT2D eigenvalue weighted by atomic mass is 10.2. The van der Waals surface area contributed by atoms with Gasteiger partial charge in [-0.25, -0.2) is 4.39 Å². The molecule has 1 aromatic carbocycles. The minimum atomic E-state index is -0.193. The van der Waals surface area contributed by atoms with Crippen LogP contribution in [0.1, 0.15) is 12.8 Å². The smallest absolute Gasteiger partial charge is 0.222 e. The van der Waals surface area contributed by atoms with E-state index in [1.807, 2.05) is 22.9 Å². The van der Waals surface area contributed by atoms with Crippen LogP contribution in [0.3, 0.4) is 0 Å². The molecule has 110 valence electrons. The van der Waals surface area contributed by atoms with Crippen LogP contribution in [0.5, 0.6) is 0 Å². The number of halogens is 1. The number of hydrogen-bond acceptors (Lipinski definition) is 3. The normalized spacial score (nSPS) is 15.5. The maximum absolute atomic E-state index is 13.7. The summed E-state index contributed by atoms with van der Waals surface area (Å²) in [6.45, 7) is 3.60. The fraction of sp³-hybridized carbons (Fsp3) is 0.533. The summed E-state index contributed by atoms with van der Waals surface area (Å²) in [6, 6.07) is 6.80. The highest BCUT2D eigenvalue weighted by atomic mass is 19.1. The Hall–Kier alpha value is -1.62. The molecule has 1 aliphatic heterocycles. The van der Waals surface area contributed by atoms with E-state index in [0.717, 1.165) is 13.0 Å². The number of amides is 1. The van der Waals surface area contributed by atoms with Crippen molar-refractivity contribution >= 4 is 11.6 Å². The van der Waals surface area contributed by atoms with Crippen molar-refractivity contribution in [2.75, 3.05) is 44.7 Å². The lowest BCUT2D eigenvalue weighted by Crippen LogP contribution is -2.49. The van der Waals surface area contributed by atoms with Crippen LogP contribution in [0, 0.1) is 5.82 Å². The average molecular weight is 279 g/mol. The van der Waals surface area contributed by atoms with Crippen LogP contribution in [-0.4, -0.2) is 50.6 Å². The fourth-order valence-corrected chi connectivity index (χ4v) is 2.48. The summed E-state index contributed by atoms with van der Waals surface area (Å²) in [5.74, 6) is 0.00901. The van der Waals surface area contributed by atoms with E-state index in [4.69, 9.17) is 0 Å². The SMILES string of the molecule is CNCCCC(=O)N1CCN(c2ccccc2F)CC1. The molecule has 1 amide bonds. The van der Waals surface area contributed by atoms with E-state index >= 15 is 0 Å². The lowest BCUT2D eigenvalue weighted by Gasteiger charge is -2.36. The second-order valence-corrected chi connectivity index (χ2v) is 5.03. The number of para-hydroxylation sites is 1. The van der Waals surface area contributed by atoms with Crippen molar-refractivity contribution in [3.05, 3.63) is 30.1 Å². The van der Waals surface area contributed by atoms with Gasteiger partial charge in [0.1, 0.15) is 5.82 Å². The first-order chi connectivity index (χ1) is 9.72. The third-order valence-corrected chi connectivity index (χ3v) is 3.64. The van der Waals surface area contributed by atoms with Crippen LogP contribution in [0.2, 0.25) is 0 Å². The molecule has 1 N–H and O–H groups in total. The van der Waals surface area contributed by atoms with Crippen LogP contribution in [0.4, 0.5) is 10.1 Å². The molecule has 0 spiro atoms. The minimum absolute atomic E-state index is 0.193. The number of piperazine rings is 1. The van der Waals surface area contributed by atoms with Gasteiger partial charge in [-0.1, -0.05) is 12.1 Å². The number of nitrogens with zero attached hydrogens (tertiary/aromatic N) is 2. The molecule has 1 fully saturated rings. The maximum Gasteiger partial charge on any atom is 0.222 e. The number of anilines is 1. The van der Waals surface area contributed by atoms with Gasteiger partial charge in [0.2, 0.25) is 5.91 Å². The Labute approximate surface area is 119 Å². The molecule has 5 heteroatoms. The second-order valence-electron chi connectivity index (χ2n) is 5.03. The monoisotopic (exact) mass is 279 g/mol. The standard InChI is InChI=1S/C15H22FN3O/c1-17-8-4-7-15(20)19-11-9-18(10-12-19)14-6-3-2-5-13(14)16/h2-3,5-6,17H,4,7-12H2,1H3. The Balaban J connectivity index is 1.83. The highest BCUT2D eigenvalue weighted by molar-refractivity contribution is 5.76. The van der Waals surface area contributed by atoms with Crippen molar-refractivity contribution in [1.82, 2.24) is 10.2 Å². The van der Waals surface area contributed by atoms with Crippen LogP contribution in [0.15, 0.2) is 24.3 Å². The number of nitrogens with one attached hydrogen (secondary N) is 1. The number of benzene rings is 1. The molecule has 1 heterocycles. The van der Waals surface area contributed by atoms with E-state index in [9.17, 15) is 9.18 Å². The number of hydrogen-bond donors (Lipinski definition) is 1. The maximum atomic E-state index is 13.7. The summed E-state index contributed by atoms with van der Waals surface area (Å²) >= 11 is 0. The summed E-state index contributed by atoms with van der Waals surface area (Å²) in [4.78, 5) is 15.9. The Morgan fingerprint density at radius 2 is 1.95 bits per heavy atom. The van der Waals surface area contributed by atoms with Gasteiger partial charge >= 0.3 is 0 Å². The molecule has 2 rings (SSSR count). The van der Waals surface area contributed by atoms with Crippen LogP contribution in [-0.2, 0) is 4.79 Å². The van der Waals surface area contributed by atoms with Crippen LogP contribution in [0.25, 0.3) is 0 Å². The van der Waals surface area contributed by atoms with Gasteiger partial charge in [0, 0.05) is 32.6 Å². The molecule has 0 aromatic heterocycles. The Morgan fingerprint density at radius 3 is 2.60 bits per heavy atom. The van der Waals surface area contributed by atoms with Gasteiger partial charge in [-0.2, -0.15) is 0 Å². The van der Waals surface area contributed by atoms with Gasteiger partial charge in [-0.05, 0) is 32.1 Å². The number of rotatable bonds is 5. The zero-order valence-corrected chi connectivity index (χ0v) is 11.9. The highest BCUT2D eigenvalue weighted by Gasteiger charge is 2.22. The van der Waals surface area contributed by atoms with Crippen molar-refractivity contribution < 1.29 is 9.18 Å². The quantitative estimate of drug-likeness (QED) is 0.829. The Morgan fingerprint density at radius 1 is 1.25 bits per heavy atom. The van der Waals surface area contributed by atoms with Crippen molar-refractivity contribution in [2.45, 2.75) is 12.8 Å². The van der Waals surface area contributed by atoms with Gasteiger partial charge in [0.15, 0.2) is 0 Å². The first kappa shape index (κ1) is 14.8. The second kappa shape index (κ2) is 7.24. The van der Waals surface area contributed by atoms with E-state index < -0.39 is 0 Å². The van der Waals surface area contributed by atoms with Gasteiger partial charge in [0.05, 0.1) is 5.69 Å². The zero-order valence-electron chi connectivity index (χ0n) is 11.9. The molecule has 1 saturated heterocycles. The minimum Gasteiger partial charge on any atom is -0.366 e. The number of carbonyl (C=O) groups excluding carboxylic acids is 1. The molecule has 0 atom stereocenters. The van der Waals surface area contributed by atoms with E-state index in [0.29, 0.717) is 38.3 Å². The van der Waals surface area contributed by atoms with Gasteiger partial charge in [0.25, 0.3) is 0 Å². The van der Waals surface area contributed by atoms with Crippen LogP contribution >= 0.6 is 0 Å². The summed E-state index contributed by atoms with van der Waals surface area (Å²) in [6.07, 6.45) is 1.45. The predicted octanol–water partition coefficient (Wildman–Crippen LogP) is 1.47. The van der Waals surface area contributed by atoms with Crippen LogP contribution < -0.4 is 10.2 Å². The third kappa shape index (κ3) is 3.70. The van der Waals surface area contributed by atoms with Gasteiger partial charge in [-0.3, -0.25) is 4.79 Å². The first-order valence-electron chi connectivity index (χ1n) is 7.14. The summed E-state index contributed by atoms with van der Waals surface area (Å²) in [5, 5.41) is 3.04. The van der Waals surface area contributed by atoms with Crippen molar-refractivity contribution in [3.8, 4) is 0 Å². The van der Waals surface area contributed by atoms with Gasteiger partial charge in [-0.15, -0.1) is 0 Å². The first-order valence-corrected chi connectivity index (χ1v) is 7.14. The molecule has 4 nitrogen and oxygen atoms in total. The zero-order chi connectivity index (χ0) is 14.4. The summed E-state index contributed by atoms with van der Waals surface area (Å²) in [5.41, 5.74) is 0.634. The van der Waals surface area contributed by atoms with E-state index in [1.165, 1.54) is 6.07 Å². The largest absolute Gasteiger partial charge is 0.366 e. The Kier molecular flexibility index (Phi) is 5.35. The van der Waals surface area contributed by atoms with Gasteiger partial charge < -0.3 is 15.1 Å². The van der Waals surface area contributed by atoms with E-state index in [2.05, 4.69) is 5.32 Å². The average Bonchev–Trinajstić information content (AvgIpc) is 2.48. The molecule has 0 unspecified atom stereocenters. The molecule has 20 heavy (non-hydrogen) atoms. The van der Waals surface area contributed by atoms with Crippen molar-refractivity contribution in [3.63, 3.8) is 0 Å². The van der Waals surface area contributed by atoms with Crippen molar-refractivity contribution in [1.29, 1.82) is 0 Å². The fourth-order valence-electron chi connectivity index (χ4n) is 2.48. The molecule has 0 aliphatic carbocycles. The molecule has 1 aliphatic rings. The number of carbonyl (C=O) groups is 1. The summed E-state index contributed by atoms with van der Waals surface area (Å²) in [7, 11) is 1.89. The van der Waals surface area contributed by atoms with Crippen molar-refractivity contribution in [2.24, 2.45) is 0 Å². The lowest BCUT2D eigenvalue weighted by molar-refractivity contribution is -0.131. The molecule has 0 saturated carbocycles. The molecule has 0 bridgehead atoms. The predicted molar refractivity (Wildman–Crippen MR) is 78.4 cm³/mol. The van der Waals surface area contributed by atoms with E-state index in [1.54, 1.807) is 12.1 Å². The molecular weight excluding hydrogens is 257 g/mol. The topological polar surface area (TPSA) is 35.6 Å². The molecule has 1 aromatic rings. The molecular formula is C15H22FN3O. The summed E-state index contributed by atoms with van der Waals surface area (Å²) < 4.78 is 13.7. The highest BCUT2D eigenvalue weighted by Crippen LogP contribution is 2.20. The Bertz CT molecular complexity index is 444.